The van der Waals surface area contributed by atoms with Crippen LogP contribution >= 0.6 is 24.0 Å². The first-order chi connectivity index (χ1) is 12.7. The fraction of sp³-hybridized carbons (Fsp3) is 0.632. The van der Waals surface area contributed by atoms with Crippen LogP contribution in [0.3, 0.4) is 0 Å². The largest absolute Gasteiger partial charge is 0.416 e. The molecule has 0 aromatic heterocycles. The lowest BCUT2D eigenvalue weighted by atomic mass is 10.1. The van der Waals surface area contributed by atoms with E-state index in [-0.39, 0.29) is 42.1 Å². The molecule has 9 heteroatoms. The lowest BCUT2D eigenvalue weighted by molar-refractivity contribution is -0.138. The lowest BCUT2D eigenvalue weighted by Crippen LogP contribution is -2.42. The van der Waals surface area contributed by atoms with Gasteiger partial charge in [0, 0.05) is 19.6 Å². The predicted octanol–water partition coefficient (Wildman–Crippen LogP) is 4.64. The zero-order chi connectivity index (χ0) is 20.4. The quantitative estimate of drug-likeness (QED) is 0.217. The Morgan fingerprint density at radius 2 is 1.86 bits per heavy atom. The van der Waals surface area contributed by atoms with Gasteiger partial charge in [-0.2, -0.15) is 13.2 Å². The average molecular weight is 518 g/mol. The molecule has 0 fully saturated rings. The van der Waals surface area contributed by atoms with Gasteiger partial charge in [0.25, 0.3) is 0 Å². The maximum absolute atomic E-state index is 13.2. The maximum atomic E-state index is 13.2. The number of nitrogens with zero attached hydrogens (tertiary/aromatic N) is 2. The van der Waals surface area contributed by atoms with E-state index in [0.29, 0.717) is 12.0 Å². The van der Waals surface area contributed by atoms with Gasteiger partial charge in [-0.3, -0.25) is 4.99 Å². The Labute approximate surface area is 182 Å². The molecule has 1 aromatic carbocycles. The third-order valence-electron chi connectivity index (χ3n) is 4.44. The Morgan fingerprint density at radius 1 is 1.21 bits per heavy atom. The summed E-state index contributed by atoms with van der Waals surface area (Å²) in [5, 5.41) is 6.06. The number of alkyl halides is 3. The first-order valence-electron chi connectivity index (χ1n) is 9.26. The van der Waals surface area contributed by atoms with E-state index in [1.54, 1.807) is 7.05 Å². The monoisotopic (exact) mass is 518 g/mol. The number of hydrogen-bond acceptors (Lipinski definition) is 2. The standard InChI is InChI=1S/C19H30F4N4.HI/c1-5-27(6-2)11-7-8-14(3)26-18(24-4)25-13-15-9-10-16(20)12-17(15)19(21,22)23;/h9-10,12,14H,5-8,11,13H2,1-4H3,(H2,24,25,26);1H. The minimum absolute atomic E-state index is 0. The van der Waals surface area contributed by atoms with Crippen LogP contribution < -0.4 is 10.6 Å². The summed E-state index contributed by atoms with van der Waals surface area (Å²) >= 11 is 0. The van der Waals surface area contributed by atoms with Gasteiger partial charge in [0.15, 0.2) is 5.96 Å². The molecule has 1 aromatic rings. The fourth-order valence-corrected chi connectivity index (χ4v) is 2.81. The molecular formula is C19H31F4IN4. The van der Waals surface area contributed by atoms with Crippen LogP contribution in [0.25, 0.3) is 0 Å². The van der Waals surface area contributed by atoms with Gasteiger partial charge in [0.1, 0.15) is 5.82 Å². The van der Waals surface area contributed by atoms with Crippen LogP contribution in [-0.2, 0) is 12.7 Å². The van der Waals surface area contributed by atoms with Crippen molar-refractivity contribution in [2.24, 2.45) is 4.99 Å². The highest BCUT2D eigenvalue weighted by Gasteiger charge is 2.33. The molecule has 1 unspecified atom stereocenters. The zero-order valence-electron chi connectivity index (χ0n) is 16.9. The van der Waals surface area contributed by atoms with Crippen molar-refractivity contribution in [1.29, 1.82) is 0 Å². The molecule has 1 atom stereocenters. The normalized spacial score (nSPS) is 13.2. The van der Waals surface area contributed by atoms with Crippen LogP contribution in [-0.4, -0.2) is 43.6 Å². The second-order valence-corrected chi connectivity index (χ2v) is 6.44. The van der Waals surface area contributed by atoms with Crippen molar-refractivity contribution in [3.63, 3.8) is 0 Å². The highest BCUT2D eigenvalue weighted by molar-refractivity contribution is 14.0. The number of rotatable bonds is 9. The molecule has 0 saturated heterocycles. The number of halogens is 5. The van der Waals surface area contributed by atoms with Crippen LogP contribution in [0, 0.1) is 5.82 Å². The summed E-state index contributed by atoms with van der Waals surface area (Å²) in [5.41, 5.74) is -1.00. The molecule has 0 saturated carbocycles. The first-order valence-corrected chi connectivity index (χ1v) is 9.26. The van der Waals surface area contributed by atoms with Gasteiger partial charge in [-0.25, -0.2) is 4.39 Å². The van der Waals surface area contributed by atoms with Gasteiger partial charge in [0.05, 0.1) is 5.56 Å². The minimum atomic E-state index is -4.60. The molecule has 0 aliphatic heterocycles. The van der Waals surface area contributed by atoms with Crippen LogP contribution in [0.4, 0.5) is 17.6 Å². The fourth-order valence-electron chi connectivity index (χ4n) is 2.81. The first kappa shape index (κ1) is 26.9. The van der Waals surface area contributed by atoms with Gasteiger partial charge in [-0.1, -0.05) is 19.9 Å². The van der Waals surface area contributed by atoms with Gasteiger partial charge in [-0.05, 0) is 57.1 Å². The van der Waals surface area contributed by atoms with Gasteiger partial charge in [-0.15, -0.1) is 24.0 Å². The van der Waals surface area contributed by atoms with Crippen molar-refractivity contribution in [2.45, 2.75) is 52.4 Å². The molecule has 0 amide bonds. The summed E-state index contributed by atoms with van der Waals surface area (Å²) in [4.78, 5) is 6.40. The molecule has 0 bridgehead atoms. The summed E-state index contributed by atoms with van der Waals surface area (Å²) in [5.74, 6) is -0.488. The second-order valence-electron chi connectivity index (χ2n) is 6.44. The molecule has 4 nitrogen and oxygen atoms in total. The average Bonchev–Trinajstić information content (AvgIpc) is 2.62. The Bertz CT molecular complexity index is 604. The highest BCUT2D eigenvalue weighted by Crippen LogP contribution is 2.32. The van der Waals surface area contributed by atoms with Gasteiger partial charge >= 0.3 is 6.18 Å². The third kappa shape index (κ3) is 9.40. The SMILES string of the molecule is CCN(CC)CCCC(C)NC(=NC)NCc1ccc(F)cc1C(F)(F)F.I. The van der Waals surface area contributed by atoms with Crippen molar-refractivity contribution < 1.29 is 17.6 Å². The van der Waals surface area contributed by atoms with E-state index in [4.69, 9.17) is 0 Å². The van der Waals surface area contributed by atoms with E-state index in [0.717, 1.165) is 44.6 Å². The molecule has 162 valence electrons. The number of guanidine groups is 1. The Kier molecular flexibility index (Phi) is 12.7. The molecule has 0 heterocycles. The van der Waals surface area contributed by atoms with E-state index in [1.165, 1.54) is 0 Å². The molecular weight excluding hydrogens is 487 g/mol. The van der Waals surface area contributed by atoms with Crippen molar-refractivity contribution in [3.05, 3.63) is 35.1 Å². The number of hydrogen-bond donors (Lipinski definition) is 2. The van der Waals surface area contributed by atoms with Crippen LogP contribution in [0.2, 0.25) is 0 Å². The van der Waals surface area contributed by atoms with E-state index in [2.05, 4.69) is 34.4 Å². The zero-order valence-corrected chi connectivity index (χ0v) is 19.2. The lowest BCUT2D eigenvalue weighted by Gasteiger charge is -2.21. The Morgan fingerprint density at radius 3 is 2.39 bits per heavy atom. The van der Waals surface area contributed by atoms with Crippen molar-refractivity contribution in [3.8, 4) is 0 Å². The predicted molar refractivity (Wildman–Crippen MR) is 117 cm³/mol. The highest BCUT2D eigenvalue weighted by atomic mass is 127. The number of nitrogens with one attached hydrogen (secondary N) is 2. The maximum Gasteiger partial charge on any atom is 0.416 e. The number of benzene rings is 1. The summed E-state index contributed by atoms with van der Waals surface area (Å²) < 4.78 is 52.4. The molecule has 2 N–H and O–H groups in total. The van der Waals surface area contributed by atoms with Crippen LogP contribution in [0.15, 0.2) is 23.2 Å². The third-order valence-corrected chi connectivity index (χ3v) is 4.44. The number of aliphatic imine (C=N–C) groups is 1. The molecule has 1 rings (SSSR count). The molecule has 0 aliphatic carbocycles. The van der Waals surface area contributed by atoms with Crippen LogP contribution in [0.1, 0.15) is 44.7 Å². The molecule has 0 radical (unpaired) electrons. The van der Waals surface area contributed by atoms with E-state index in [1.807, 2.05) is 6.92 Å². The van der Waals surface area contributed by atoms with Crippen LogP contribution in [0.5, 0.6) is 0 Å². The topological polar surface area (TPSA) is 39.7 Å². The molecule has 0 aliphatic rings. The molecule has 0 spiro atoms. The van der Waals surface area contributed by atoms with E-state index >= 15 is 0 Å². The van der Waals surface area contributed by atoms with Crippen molar-refractivity contribution >= 4 is 29.9 Å². The summed E-state index contributed by atoms with van der Waals surface area (Å²) in [7, 11) is 1.56. The summed E-state index contributed by atoms with van der Waals surface area (Å²) in [6, 6.07) is 2.81. The summed E-state index contributed by atoms with van der Waals surface area (Å²) in [6.07, 6.45) is -2.67. The Balaban J connectivity index is 0.00000729. The van der Waals surface area contributed by atoms with E-state index in [9.17, 15) is 17.6 Å². The molecule has 28 heavy (non-hydrogen) atoms. The second kappa shape index (κ2) is 13.2. The van der Waals surface area contributed by atoms with E-state index < -0.39 is 17.6 Å². The smallest absolute Gasteiger partial charge is 0.354 e. The Hall–Kier alpha value is -1.10. The van der Waals surface area contributed by atoms with Gasteiger partial charge < -0.3 is 15.5 Å². The minimum Gasteiger partial charge on any atom is -0.354 e. The van der Waals surface area contributed by atoms with Crippen molar-refractivity contribution in [1.82, 2.24) is 15.5 Å². The summed E-state index contributed by atoms with van der Waals surface area (Å²) in [6.45, 7) is 9.20. The van der Waals surface area contributed by atoms with Gasteiger partial charge in [0.2, 0.25) is 0 Å². The van der Waals surface area contributed by atoms with Crippen molar-refractivity contribution in [2.75, 3.05) is 26.7 Å².